The van der Waals surface area contributed by atoms with Crippen molar-refractivity contribution in [1.82, 2.24) is 14.8 Å². The molecule has 0 amide bonds. The lowest BCUT2D eigenvalue weighted by Gasteiger charge is -2.08. The van der Waals surface area contributed by atoms with Gasteiger partial charge in [0, 0.05) is 18.0 Å². The Morgan fingerprint density at radius 1 is 1.10 bits per heavy atom. The van der Waals surface area contributed by atoms with E-state index in [1.165, 1.54) is 0 Å². The Balaban J connectivity index is 2.02. The summed E-state index contributed by atoms with van der Waals surface area (Å²) in [4.78, 5) is 0. The predicted molar refractivity (Wildman–Crippen MR) is 81.5 cm³/mol. The van der Waals surface area contributed by atoms with Gasteiger partial charge in [0.25, 0.3) is 0 Å². The standard InChI is InChI=1S/C15H15N3O2S/c19-9-5-11-21-15-17-16-14(13-8-4-10-20-13)18(15)12-6-2-1-3-7-12/h1-4,6-8,10,19H,5,9,11H2. The van der Waals surface area contributed by atoms with Gasteiger partial charge in [-0.2, -0.15) is 0 Å². The lowest BCUT2D eigenvalue weighted by molar-refractivity contribution is 0.296. The molecule has 0 unspecified atom stereocenters. The van der Waals surface area contributed by atoms with E-state index < -0.39 is 0 Å². The molecule has 0 aliphatic carbocycles. The summed E-state index contributed by atoms with van der Waals surface area (Å²) >= 11 is 1.57. The highest BCUT2D eigenvalue weighted by atomic mass is 32.2. The summed E-state index contributed by atoms with van der Waals surface area (Å²) in [6, 6.07) is 13.6. The Labute approximate surface area is 126 Å². The second kappa shape index (κ2) is 6.60. The number of rotatable bonds is 6. The van der Waals surface area contributed by atoms with E-state index in [9.17, 15) is 0 Å². The molecule has 3 aromatic rings. The Bertz CT molecular complexity index is 680. The first-order valence-electron chi connectivity index (χ1n) is 6.68. The van der Waals surface area contributed by atoms with Crippen LogP contribution in [0.4, 0.5) is 0 Å². The van der Waals surface area contributed by atoms with Crippen LogP contribution < -0.4 is 0 Å². The second-order valence-corrected chi connectivity index (χ2v) is 5.44. The van der Waals surface area contributed by atoms with Crippen LogP contribution in [0.15, 0.2) is 58.3 Å². The molecule has 5 nitrogen and oxygen atoms in total. The van der Waals surface area contributed by atoms with Crippen molar-refractivity contribution in [1.29, 1.82) is 0 Å². The van der Waals surface area contributed by atoms with Gasteiger partial charge in [-0.1, -0.05) is 30.0 Å². The minimum absolute atomic E-state index is 0.178. The van der Waals surface area contributed by atoms with E-state index in [-0.39, 0.29) is 6.61 Å². The highest BCUT2D eigenvalue weighted by molar-refractivity contribution is 7.99. The van der Waals surface area contributed by atoms with E-state index >= 15 is 0 Å². The maximum absolute atomic E-state index is 8.91. The number of hydrogen-bond donors (Lipinski definition) is 1. The van der Waals surface area contributed by atoms with Crippen molar-refractivity contribution < 1.29 is 9.52 Å². The summed E-state index contributed by atoms with van der Waals surface area (Å²) in [6.45, 7) is 0.178. The van der Waals surface area contributed by atoms with Gasteiger partial charge in [0.15, 0.2) is 10.9 Å². The van der Waals surface area contributed by atoms with Crippen LogP contribution in [-0.2, 0) is 0 Å². The minimum Gasteiger partial charge on any atom is -0.461 e. The van der Waals surface area contributed by atoms with Crippen LogP contribution in [0.5, 0.6) is 0 Å². The SMILES string of the molecule is OCCCSc1nnc(-c2ccco2)n1-c1ccccc1. The van der Waals surface area contributed by atoms with E-state index in [1.54, 1.807) is 18.0 Å². The zero-order valence-corrected chi connectivity index (χ0v) is 12.2. The van der Waals surface area contributed by atoms with Gasteiger partial charge in [0.05, 0.1) is 6.26 Å². The first-order chi connectivity index (χ1) is 10.4. The summed E-state index contributed by atoms with van der Waals surface area (Å²) in [5.74, 6) is 2.15. The summed E-state index contributed by atoms with van der Waals surface area (Å²) in [5, 5.41) is 18.2. The number of thioether (sulfide) groups is 1. The van der Waals surface area contributed by atoms with Gasteiger partial charge in [-0.3, -0.25) is 4.57 Å². The normalized spacial score (nSPS) is 10.9. The second-order valence-electron chi connectivity index (χ2n) is 4.38. The zero-order valence-electron chi connectivity index (χ0n) is 11.3. The van der Waals surface area contributed by atoms with Gasteiger partial charge in [-0.25, -0.2) is 0 Å². The molecule has 1 aromatic carbocycles. The lowest BCUT2D eigenvalue weighted by Crippen LogP contribution is -1.99. The number of aliphatic hydroxyl groups excluding tert-OH is 1. The van der Waals surface area contributed by atoms with Gasteiger partial charge in [0.1, 0.15) is 0 Å². The first-order valence-corrected chi connectivity index (χ1v) is 7.67. The molecular formula is C15H15N3O2S. The number of aromatic nitrogens is 3. The van der Waals surface area contributed by atoms with Crippen molar-refractivity contribution in [3.05, 3.63) is 48.7 Å². The number of aliphatic hydroxyl groups is 1. The van der Waals surface area contributed by atoms with Gasteiger partial charge in [0.2, 0.25) is 5.82 Å². The monoisotopic (exact) mass is 301 g/mol. The van der Waals surface area contributed by atoms with Crippen LogP contribution in [0, 0.1) is 0 Å². The fourth-order valence-electron chi connectivity index (χ4n) is 1.97. The Hall–Kier alpha value is -2.05. The van der Waals surface area contributed by atoms with Crippen molar-refractivity contribution in [2.45, 2.75) is 11.6 Å². The molecule has 0 fully saturated rings. The van der Waals surface area contributed by atoms with Gasteiger partial charge in [-0.05, 0) is 30.7 Å². The van der Waals surface area contributed by atoms with Crippen LogP contribution in [-0.4, -0.2) is 32.2 Å². The molecule has 0 spiro atoms. The summed E-state index contributed by atoms with van der Waals surface area (Å²) in [5.41, 5.74) is 0.986. The van der Waals surface area contributed by atoms with Crippen molar-refractivity contribution in [3.8, 4) is 17.3 Å². The molecule has 0 aliphatic heterocycles. The van der Waals surface area contributed by atoms with Gasteiger partial charge < -0.3 is 9.52 Å². The third kappa shape index (κ3) is 3.01. The van der Waals surface area contributed by atoms with Crippen molar-refractivity contribution in [3.63, 3.8) is 0 Å². The predicted octanol–water partition coefficient (Wildman–Crippen LogP) is 3.00. The number of para-hydroxylation sites is 1. The summed E-state index contributed by atoms with van der Waals surface area (Å²) in [6.07, 6.45) is 2.35. The van der Waals surface area contributed by atoms with E-state index in [2.05, 4.69) is 10.2 Å². The average Bonchev–Trinajstić information content (AvgIpc) is 3.17. The van der Waals surface area contributed by atoms with Crippen molar-refractivity contribution in [2.24, 2.45) is 0 Å². The molecular weight excluding hydrogens is 286 g/mol. The maximum Gasteiger partial charge on any atom is 0.205 e. The van der Waals surface area contributed by atoms with Gasteiger partial charge >= 0.3 is 0 Å². The number of hydrogen-bond acceptors (Lipinski definition) is 5. The summed E-state index contributed by atoms with van der Waals surface area (Å²) in [7, 11) is 0. The Kier molecular flexibility index (Phi) is 4.37. The van der Waals surface area contributed by atoms with Crippen LogP contribution in [0.2, 0.25) is 0 Å². The quantitative estimate of drug-likeness (QED) is 0.560. The summed E-state index contributed by atoms with van der Waals surface area (Å²) < 4.78 is 7.42. The molecule has 6 heteroatoms. The zero-order chi connectivity index (χ0) is 14.5. The molecule has 0 radical (unpaired) electrons. The third-order valence-corrected chi connectivity index (χ3v) is 3.94. The Morgan fingerprint density at radius 3 is 2.67 bits per heavy atom. The fraction of sp³-hybridized carbons (Fsp3) is 0.200. The average molecular weight is 301 g/mol. The van der Waals surface area contributed by atoms with Crippen LogP contribution in [0.25, 0.3) is 17.3 Å². The minimum atomic E-state index is 0.178. The van der Waals surface area contributed by atoms with E-state index in [1.807, 2.05) is 47.0 Å². The topological polar surface area (TPSA) is 64.1 Å². The molecule has 0 saturated carbocycles. The van der Waals surface area contributed by atoms with E-state index in [0.29, 0.717) is 11.6 Å². The number of benzene rings is 1. The molecule has 2 heterocycles. The first kappa shape index (κ1) is 13.9. The van der Waals surface area contributed by atoms with E-state index in [0.717, 1.165) is 23.0 Å². The maximum atomic E-state index is 8.91. The molecule has 108 valence electrons. The molecule has 0 saturated heterocycles. The van der Waals surface area contributed by atoms with Crippen LogP contribution >= 0.6 is 11.8 Å². The van der Waals surface area contributed by atoms with Gasteiger partial charge in [-0.15, -0.1) is 10.2 Å². The van der Waals surface area contributed by atoms with Crippen LogP contribution in [0.1, 0.15) is 6.42 Å². The third-order valence-electron chi connectivity index (χ3n) is 2.92. The molecule has 21 heavy (non-hydrogen) atoms. The number of nitrogens with zero attached hydrogens (tertiary/aromatic N) is 3. The molecule has 2 aromatic heterocycles. The number of furan rings is 1. The van der Waals surface area contributed by atoms with E-state index in [4.69, 9.17) is 9.52 Å². The highest BCUT2D eigenvalue weighted by Gasteiger charge is 2.17. The lowest BCUT2D eigenvalue weighted by atomic mass is 10.3. The van der Waals surface area contributed by atoms with Crippen LogP contribution in [0.3, 0.4) is 0 Å². The largest absolute Gasteiger partial charge is 0.461 e. The Morgan fingerprint density at radius 2 is 1.95 bits per heavy atom. The molecule has 3 rings (SSSR count). The molecule has 0 atom stereocenters. The van der Waals surface area contributed by atoms with Crippen molar-refractivity contribution >= 4 is 11.8 Å². The fourth-order valence-corrected chi connectivity index (χ4v) is 2.84. The van der Waals surface area contributed by atoms with Crippen molar-refractivity contribution in [2.75, 3.05) is 12.4 Å². The highest BCUT2D eigenvalue weighted by Crippen LogP contribution is 2.28. The molecule has 1 N–H and O–H groups in total. The molecule has 0 bridgehead atoms. The molecule has 0 aliphatic rings. The smallest absolute Gasteiger partial charge is 0.205 e.